The fourth-order valence-electron chi connectivity index (χ4n) is 5.70. The Balaban J connectivity index is 1.37. The van der Waals surface area contributed by atoms with Crippen LogP contribution < -0.4 is 0 Å². The molecule has 3 aliphatic rings. The normalized spacial score (nSPS) is 34.1. The van der Waals surface area contributed by atoms with Gasteiger partial charge in [0.05, 0.1) is 37.4 Å². The molecule has 2 aromatic rings. The van der Waals surface area contributed by atoms with Crippen molar-refractivity contribution in [1.82, 2.24) is 0 Å². The number of hydrogen-bond acceptors (Lipinski definition) is 8. The van der Waals surface area contributed by atoms with Crippen molar-refractivity contribution in [3.63, 3.8) is 0 Å². The second kappa shape index (κ2) is 12.0. The number of fused-ring (bicyclic) bond motifs is 2. The molecule has 3 heterocycles. The van der Waals surface area contributed by atoms with E-state index in [1.54, 1.807) is 0 Å². The highest BCUT2D eigenvalue weighted by Gasteiger charge is 2.59. The molecule has 0 amide bonds. The van der Waals surface area contributed by atoms with Crippen LogP contribution in [-0.4, -0.2) is 60.5 Å². The molecule has 0 aliphatic carbocycles. The van der Waals surface area contributed by atoms with Crippen LogP contribution in [-0.2, 0) is 44.6 Å². The first-order chi connectivity index (χ1) is 18.8. The number of esters is 2. The van der Waals surface area contributed by atoms with Crippen LogP contribution in [0, 0.1) is 0 Å². The van der Waals surface area contributed by atoms with E-state index in [-0.39, 0.29) is 30.8 Å². The Labute approximate surface area is 229 Å². The highest BCUT2D eigenvalue weighted by atomic mass is 16.7. The topological polar surface area (TPSA) is 89.5 Å². The molecule has 39 heavy (non-hydrogen) atoms. The second-order valence-corrected chi connectivity index (χ2v) is 10.6. The number of ether oxygens (including phenoxy) is 6. The Morgan fingerprint density at radius 1 is 0.897 bits per heavy atom. The largest absolute Gasteiger partial charge is 0.459 e. The first kappa shape index (κ1) is 27.5. The van der Waals surface area contributed by atoms with E-state index >= 15 is 0 Å². The van der Waals surface area contributed by atoms with Crippen molar-refractivity contribution in [2.75, 3.05) is 0 Å². The van der Waals surface area contributed by atoms with Crippen LogP contribution >= 0.6 is 0 Å². The number of rotatable bonds is 7. The zero-order valence-corrected chi connectivity index (χ0v) is 22.6. The number of carbonyl (C=O) groups excluding carboxylic acids is 2. The molecule has 208 valence electrons. The summed E-state index contributed by atoms with van der Waals surface area (Å²) in [7, 11) is 0. The highest BCUT2D eigenvalue weighted by molar-refractivity contribution is 5.66. The van der Waals surface area contributed by atoms with Crippen molar-refractivity contribution in [2.24, 2.45) is 0 Å². The fourth-order valence-corrected chi connectivity index (χ4v) is 5.70. The molecule has 3 saturated heterocycles. The van der Waals surface area contributed by atoms with Gasteiger partial charge in [0.1, 0.15) is 17.8 Å². The van der Waals surface area contributed by atoms with Crippen molar-refractivity contribution in [3.8, 4) is 0 Å². The zero-order valence-electron chi connectivity index (χ0n) is 22.6. The Morgan fingerprint density at radius 3 is 2.28 bits per heavy atom. The minimum Gasteiger partial charge on any atom is -0.459 e. The Morgan fingerprint density at radius 2 is 1.59 bits per heavy atom. The smallest absolute Gasteiger partial charge is 0.304 e. The summed E-state index contributed by atoms with van der Waals surface area (Å²) in [5.74, 6) is -0.887. The van der Waals surface area contributed by atoms with Crippen LogP contribution in [0.15, 0.2) is 66.7 Å². The van der Waals surface area contributed by atoms with Gasteiger partial charge in [0, 0.05) is 26.7 Å². The third-order valence-electron chi connectivity index (χ3n) is 7.62. The molecular weight excluding hydrogens is 500 g/mol. The summed E-state index contributed by atoms with van der Waals surface area (Å²) in [6.07, 6.45) is 2.28. The molecule has 0 bridgehead atoms. The molecule has 0 spiro atoms. The predicted molar refractivity (Wildman–Crippen MR) is 142 cm³/mol. The van der Waals surface area contributed by atoms with Gasteiger partial charge < -0.3 is 28.4 Å². The first-order valence-corrected chi connectivity index (χ1v) is 13.5. The molecule has 3 aliphatic heterocycles. The van der Waals surface area contributed by atoms with E-state index in [1.165, 1.54) is 13.8 Å². The lowest BCUT2D eigenvalue weighted by atomic mass is 9.78. The van der Waals surface area contributed by atoms with E-state index in [0.29, 0.717) is 19.4 Å². The Hall–Kier alpha value is -3.04. The Kier molecular flexibility index (Phi) is 8.47. The van der Waals surface area contributed by atoms with Crippen molar-refractivity contribution in [1.29, 1.82) is 0 Å². The van der Waals surface area contributed by atoms with E-state index in [2.05, 4.69) is 0 Å². The zero-order chi connectivity index (χ0) is 27.4. The maximum atomic E-state index is 12.0. The lowest BCUT2D eigenvalue weighted by molar-refractivity contribution is -0.345. The van der Waals surface area contributed by atoms with Crippen molar-refractivity contribution in [3.05, 3.63) is 77.9 Å². The van der Waals surface area contributed by atoms with Gasteiger partial charge in [-0.25, -0.2) is 0 Å². The highest BCUT2D eigenvalue weighted by Crippen LogP contribution is 2.45. The van der Waals surface area contributed by atoms with Crippen LogP contribution in [0.1, 0.15) is 51.2 Å². The molecule has 0 saturated carbocycles. The van der Waals surface area contributed by atoms with Crippen LogP contribution in [0.5, 0.6) is 0 Å². The molecule has 5 rings (SSSR count). The average molecular weight is 537 g/mol. The summed E-state index contributed by atoms with van der Waals surface area (Å²) in [6, 6.07) is 20.1. The first-order valence-electron chi connectivity index (χ1n) is 13.5. The minimum absolute atomic E-state index is 0.195. The number of benzene rings is 2. The van der Waals surface area contributed by atoms with Crippen LogP contribution in [0.25, 0.3) is 6.08 Å². The molecule has 3 fully saturated rings. The van der Waals surface area contributed by atoms with Gasteiger partial charge in [-0.3, -0.25) is 9.59 Å². The minimum atomic E-state index is -0.927. The molecule has 8 nitrogen and oxygen atoms in total. The average Bonchev–Trinajstić information content (AvgIpc) is 2.91. The van der Waals surface area contributed by atoms with Crippen molar-refractivity contribution in [2.45, 2.75) is 95.2 Å². The third-order valence-corrected chi connectivity index (χ3v) is 7.62. The van der Waals surface area contributed by atoms with E-state index in [9.17, 15) is 9.59 Å². The van der Waals surface area contributed by atoms with Gasteiger partial charge in [-0.05, 0) is 18.1 Å². The van der Waals surface area contributed by atoms with Gasteiger partial charge in [-0.2, -0.15) is 0 Å². The van der Waals surface area contributed by atoms with Gasteiger partial charge >= 0.3 is 11.9 Å². The molecular formula is C31H36O8. The number of carbonyl (C=O) groups is 2. The standard InChI is InChI=1S/C31H36O8/c1-20(32)35-29-18-30(36-21(2)33)38-28-17-26-27(39-31(28,29)3)16-25(34-19-23-12-8-5-9-13-23)24(37-26)15-14-22-10-6-4-7-11-22/h4-15,24-30H,16-19H2,1-3H3/b15-14+/t24-,25+,26+,27-,28-,29+,30-,31-/m1/s1. The summed E-state index contributed by atoms with van der Waals surface area (Å²) >= 11 is 0. The summed E-state index contributed by atoms with van der Waals surface area (Å²) < 4.78 is 36.9. The molecule has 8 atom stereocenters. The molecule has 2 aromatic carbocycles. The van der Waals surface area contributed by atoms with E-state index in [4.69, 9.17) is 28.4 Å². The second-order valence-electron chi connectivity index (χ2n) is 10.6. The quantitative estimate of drug-likeness (QED) is 0.475. The van der Waals surface area contributed by atoms with Crippen molar-refractivity contribution < 1.29 is 38.0 Å². The maximum Gasteiger partial charge on any atom is 0.304 e. The molecule has 0 aromatic heterocycles. The Bertz CT molecular complexity index is 1150. The predicted octanol–water partition coefficient (Wildman–Crippen LogP) is 4.60. The fraction of sp³-hybridized carbons (Fsp3) is 0.484. The molecule has 8 heteroatoms. The van der Waals surface area contributed by atoms with Gasteiger partial charge in [0.25, 0.3) is 0 Å². The summed E-state index contributed by atoms with van der Waals surface area (Å²) in [6.45, 7) is 5.04. The summed E-state index contributed by atoms with van der Waals surface area (Å²) in [4.78, 5) is 23.6. The number of hydrogen-bond donors (Lipinski definition) is 0. The van der Waals surface area contributed by atoms with Crippen molar-refractivity contribution >= 4 is 18.0 Å². The maximum absolute atomic E-state index is 12.0. The van der Waals surface area contributed by atoms with Crippen LogP contribution in [0.2, 0.25) is 0 Å². The van der Waals surface area contributed by atoms with Gasteiger partial charge in [-0.15, -0.1) is 0 Å². The summed E-state index contributed by atoms with van der Waals surface area (Å²) in [5.41, 5.74) is 1.22. The molecule has 0 N–H and O–H groups in total. The summed E-state index contributed by atoms with van der Waals surface area (Å²) in [5, 5.41) is 0. The molecule has 0 radical (unpaired) electrons. The van der Waals surface area contributed by atoms with E-state index < -0.39 is 36.0 Å². The molecule has 0 unspecified atom stereocenters. The van der Waals surface area contributed by atoms with Gasteiger partial charge in [0.2, 0.25) is 6.29 Å². The van der Waals surface area contributed by atoms with E-state index in [0.717, 1.165) is 11.1 Å². The lowest BCUT2D eigenvalue weighted by Gasteiger charge is -2.56. The van der Waals surface area contributed by atoms with Crippen LogP contribution in [0.3, 0.4) is 0 Å². The van der Waals surface area contributed by atoms with Gasteiger partial charge in [0.15, 0.2) is 0 Å². The third kappa shape index (κ3) is 6.58. The SMILES string of the molecule is CC(=O)O[C@H]1C[C@H](OC(C)=O)[C@]2(C)O[C@@H]3C[C@H](OCc4ccccc4)[C@@H](/C=C/c4ccccc4)O[C@H]3C[C@H]2O1. The van der Waals surface area contributed by atoms with Crippen LogP contribution in [0.4, 0.5) is 0 Å². The lowest BCUT2D eigenvalue weighted by Crippen LogP contribution is -2.68. The monoisotopic (exact) mass is 536 g/mol. The van der Waals surface area contributed by atoms with Gasteiger partial charge in [-0.1, -0.05) is 72.8 Å². The van der Waals surface area contributed by atoms with E-state index in [1.807, 2.05) is 79.7 Å².